The average Bonchev–Trinajstić information content (AvgIpc) is 2.59. The van der Waals surface area contributed by atoms with Crippen LogP contribution in [0.2, 0.25) is 10.0 Å². The third kappa shape index (κ3) is 5.08. The normalized spacial score (nSPS) is 15.2. The number of thiocarbonyl (C=S) groups is 1. The first-order chi connectivity index (χ1) is 12.0. The van der Waals surface area contributed by atoms with Crippen LogP contribution < -0.4 is 5.32 Å². The quantitative estimate of drug-likeness (QED) is 0.753. The van der Waals surface area contributed by atoms with Crippen molar-refractivity contribution in [1.82, 2.24) is 9.80 Å². The average molecular weight is 394 g/mol. The summed E-state index contributed by atoms with van der Waals surface area (Å²) >= 11 is 17.5. The Morgan fingerprint density at radius 2 is 1.80 bits per heavy atom. The van der Waals surface area contributed by atoms with E-state index in [0.717, 1.165) is 43.5 Å². The zero-order valence-corrected chi connectivity index (χ0v) is 16.5. The van der Waals surface area contributed by atoms with Crippen LogP contribution in [0.4, 0.5) is 5.69 Å². The Morgan fingerprint density at radius 3 is 2.48 bits per heavy atom. The lowest BCUT2D eigenvalue weighted by Gasteiger charge is -2.36. The highest BCUT2D eigenvalue weighted by atomic mass is 35.5. The highest BCUT2D eigenvalue weighted by molar-refractivity contribution is 7.80. The van der Waals surface area contributed by atoms with Crippen molar-refractivity contribution in [2.24, 2.45) is 0 Å². The van der Waals surface area contributed by atoms with E-state index in [4.69, 9.17) is 35.4 Å². The standard InChI is InChI=1S/C19H21Cl2N3S/c1-14-3-2-4-15(11-14)13-23-7-9-24(10-8-23)19(25)22-16-5-6-17(20)18(21)12-16/h2-6,11-12H,7-10,13H2,1H3,(H,22,25). The first-order valence-corrected chi connectivity index (χ1v) is 9.46. The number of rotatable bonds is 3. The molecular weight excluding hydrogens is 373 g/mol. The Balaban J connectivity index is 1.51. The molecule has 1 fully saturated rings. The van der Waals surface area contributed by atoms with Crippen LogP contribution in [-0.2, 0) is 6.54 Å². The van der Waals surface area contributed by atoms with Gasteiger partial charge < -0.3 is 10.2 Å². The van der Waals surface area contributed by atoms with Crippen LogP contribution in [0.1, 0.15) is 11.1 Å². The van der Waals surface area contributed by atoms with Crippen molar-refractivity contribution >= 4 is 46.2 Å². The Labute approximate surface area is 164 Å². The highest BCUT2D eigenvalue weighted by Gasteiger charge is 2.19. The molecule has 1 heterocycles. The van der Waals surface area contributed by atoms with Crippen molar-refractivity contribution in [3.8, 4) is 0 Å². The SMILES string of the molecule is Cc1cccc(CN2CCN(C(=S)Nc3ccc(Cl)c(Cl)c3)CC2)c1. The third-order valence-electron chi connectivity index (χ3n) is 4.32. The van der Waals surface area contributed by atoms with Gasteiger partial charge in [-0.15, -0.1) is 0 Å². The predicted octanol–water partition coefficient (Wildman–Crippen LogP) is 4.82. The molecule has 2 aromatic rings. The lowest BCUT2D eigenvalue weighted by Crippen LogP contribution is -2.49. The largest absolute Gasteiger partial charge is 0.346 e. The van der Waals surface area contributed by atoms with Gasteiger partial charge in [-0.2, -0.15) is 0 Å². The molecule has 6 heteroatoms. The van der Waals surface area contributed by atoms with Crippen LogP contribution in [0, 0.1) is 6.92 Å². The van der Waals surface area contributed by atoms with Crippen LogP contribution in [0.3, 0.4) is 0 Å². The molecule has 132 valence electrons. The van der Waals surface area contributed by atoms with E-state index in [1.54, 1.807) is 12.1 Å². The molecule has 3 rings (SSSR count). The van der Waals surface area contributed by atoms with E-state index < -0.39 is 0 Å². The van der Waals surface area contributed by atoms with Gasteiger partial charge in [-0.3, -0.25) is 4.90 Å². The molecule has 0 aromatic heterocycles. The Bertz CT molecular complexity index is 758. The number of anilines is 1. The van der Waals surface area contributed by atoms with Crippen molar-refractivity contribution in [3.63, 3.8) is 0 Å². The molecule has 2 aromatic carbocycles. The zero-order valence-electron chi connectivity index (χ0n) is 14.1. The maximum Gasteiger partial charge on any atom is 0.173 e. The number of hydrogen-bond acceptors (Lipinski definition) is 2. The van der Waals surface area contributed by atoms with E-state index in [9.17, 15) is 0 Å². The van der Waals surface area contributed by atoms with Gasteiger partial charge in [-0.05, 0) is 42.9 Å². The summed E-state index contributed by atoms with van der Waals surface area (Å²) in [4.78, 5) is 4.66. The maximum absolute atomic E-state index is 6.05. The van der Waals surface area contributed by atoms with Crippen LogP contribution >= 0.6 is 35.4 Å². The molecule has 0 bridgehead atoms. The summed E-state index contributed by atoms with van der Waals surface area (Å²) in [6.45, 7) is 6.95. The van der Waals surface area contributed by atoms with Crippen molar-refractivity contribution in [1.29, 1.82) is 0 Å². The summed E-state index contributed by atoms with van der Waals surface area (Å²) in [5, 5.41) is 5.05. The number of benzene rings is 2. The monoisotopic (exact) mass is 393 g/mol. The predicted molar refractivity (Wildman–Crippen MR) is 111 cm³/mol. The third-order valence-corrected chi connectivity index (χ3v) is 5.42. The molecule has 25 heavy (non-hydrogen) atoms. The summed E-state index contributed by atoms with van der Waals surface area (Å²) < 4.78 is 0. The van der Waals surface area contributed by atoms with Crippen LogP contribution in [0.15, 0.2) is 42.5 Å². The lowest BCUT2D eigenvalue weighted by atomic mass is 10.1. The first-order valence-electron chi connectivity index (χ1n) is 8.30. The van der Waals surface area contributed by atoms with E-state index in [-0.39, 0.29) is 0 Å². The van der Waals surface area contributed by atoms with Gasteiger partial charge in [0.05, 0.1) is 10.0 Å². The zero-order chi connectivity index (χ0) is 17.8. The van der Waals surface area contributed by atoms with Gasteiger partial charge in [0.15, 0.2) is 5.11 Å². The molecule has 0 atom stereocenters. The van der Waals surface area contributed by atoms with Gasteiger partial charge in [0, 0.05) is 38.4 Å². The highest BCUT2D eigenvalue weighted by Crippen LogP contribution is 2.25. The van der Waals surface area contributed by atoms with E-state index in [1.165, 1.54) is 11.1 Å². The topological polar surface area (TPSA) is 18.5 Å². The van der Waals surface area contributed by atoms with Gasteiger partial charge in [0.2, 0.25) is 0 Å². The molecule has 0 aliphatic carbocycles. The Hall–Kier alpha value is -1.33. The van der Waals surface area contributed by atoms with E-state index >= 15 is 0 Å². The smallest absolute Gasteiger partial charge is 0.173 e. The molecule has 0 amide bonds. The van der Waals surface area contributed by atoms with Crippen molar-refractivity contribution in [2.75, 3.05) is 31.5 Å². The summed E-state index contributed by atoms with van der Waals surface area (Å²) in [5.74, 6) is 0. The van der Waals surface area contributed by atoms with Gasteiger partial charge in [0.1, 0.15) is 0 Å². The van der Waals surface area contributed by atoms with Crippen LogP contribution in [0.5, 0.6) is 0 Å². The molecular formula is C19H21Cl2N3S. The molecule has 0 unspecified atom stereocenters. The number of nitrogens with one attached hydrogen (secondary N) is 1. The van der Waals surface area contributed by atoms with Gasteiger partial charge in [-0.25, -0.2) is 0 Å². The minimum atomic E-state index is 0.525. The molecule has 1 aliphatic rings. The molecule has 1 saturated heterocycles. The second-order valence-electron chi connectivity index (χ2n) is 6.31. The van der Waals surface area contributed by atoms with Crippen molar-refractivity contribution in [3.05, 3.63) is 63.6 Å². The second-order valence-corrected chi connectivity index (χ2v) is 7.51. The molecule has 1 N–H and O–H groups in total. The summed E-state index contributed by atoms with van der Waals surface area (Å²) in [6.07, 6.45) is 0. The maximum atomic E-state index is 6.05. The minimum Gasteiger partial charge on any atom is -0.346 e. The van der Waals surface area contributed by atoms with Gasteiger partial charge >= 0.3 is 0 Å². The van der Waals surface area contributed by atoms with Crippen molar-refractivity contribution in [2.45, 2.75) is 13.5 Å². The van der Waals surface area contributed by atoms with Crippen molar-refractivity contribution < 1.29 is 0 Å². The Morgan fingerprint density at radius 1 is 1.04 bits per heavy atom. The molecule has 0 spiro atoms. The van der Waals surface area contributed by atoms with Crippen LogP contribution in [-0.4, -0.2) is 41.1 Å². The Kier molecular flexibility index (Phi) is 6.18. The molecule has 0 saturated carbocycles. The fourth-order valence-electron chi connectivity index (χ4n) is 2.95. The fraction of sp³-hybridized carbons (Fsp3) is 0.316. The lowest BCUT2D eigenvalue weighted by molar-refractivity contribution is 0.177. The fourth-order valence-corrected chi connectivity index (χ4v) is 3.55. The second kappa shape index (κ2) is 8.37. The number of hydrogen-bond donors (Lipinski definition) is 1. The van der Waals surface area contributed by atoms with Gasteiger partial charge in [-0.1, -0.05) is 53.0 Å². The summed E-state index contributed by atoms with van der Waals surface area (Å²) in [7, 11) is 0. The number of nitrogens with zero attached hydrogens (tertiary/aromatic N) is 2. The summed E-state index contributed by atoms with van der Waals surface area (Å²) in [5.41, 5.74) is 3.54. The van der Waals surface area contributed by atoms with E-state index in [2.05, 4.69) is 46.3 Å². The number of piperazine rings is 1. The minimum absolute atomic E-state index is 0.525. The molecule has 0 radical (unpaired) electrons. The number of aryl methyl sites for hydroxylation is 1. The summed E-state index contributed by atoms with van der Waals surface area (Å²) in [6, 6.07) is 14.2. The van der Waals surface area contributed by atoms with Gasteiger partial charge in [0.25, 0.3) is 0 Å². The van der Waals surface area contributed by atoms with E-state index in [1.807, 2.05) is 6.07 Å². The first kappa shape index (κ1) is 18.5. The van der Waals surface area contributed by atoms with E-state index in [0.29, 0.717) is 10.0 Å². The van der Waals surface area contributed by atoms with Crippen LogP contribution in [0.25, 0.3) is 0 Å². The number of halogens is 2. The molecule has 3 nitrogen and oxygen atoms in total. The molecule has 1 aliphatic heterocycles.